The van der Waals surface area contributed by atoms with Crippen molar-refractivity contribution < 1.29 is 0 Å². The van der Waals surface area contributed by atoms with Gasteiger partial charge in [-0.15, -0.1) is 0 Å². The van der Waals surface area contributed by atoms with Crippen LogP contribution < -0.4 is 0 Å². The highest BCUT2D eigenvalue weighted by atomic mass is 14.7. The fourth-order valence-electron chi connectivity index (χ4n) is 27.7. The molecular formula is C81H142. The van der Waals surface area contributed by atoms with Crippen molar-refractivity contribution in [3.05, 3.63) is 0 Å². The van der Waals surface area contributed by atoms with Gasteiger partial charge in [-0.25, -0.2) is 0 Å². The van der Waals surface area contributed by atoms with Gasteiger partial charge in [-0.05, 0) is 347 Å². The second-order valence-corrected chi connectivity index (χ2v) is 41.4. The Kier molecular flexibility index (Phi) is 16.9. The number of hydrogen-bond acceptors (Lipinski definition) is 0. The molecule has 15 bridgehead atoms. The molecule has 0 heterocycles. The summed E-state index contributed by atoms with van der Waals surface area (Å²) in [4.78, 5) is 0. The van der Waals surface area contributed by atoms with Crippen LogP contribution in [-0.2, 0) is 0 Å². The second kappa shape index (κ2) is 21.9. The van der Waals surface area contributed by atoms with Crippen LogP contribution >= 0.6 is 0 Å². The average molecular weight is 1120 g/mol. The van der Waals surface area contributed by atoms with E-state index in [1.165, 1.54) is 96.3 Å². The molecule has 81 heavy (non-hydrogen) atoms. The molecule has 18 fully saturated rings. The van der Waals surface area contributed by atoms with E-state index in [9.17, 15) is 0 Å². The lowest BCUT2D eigenvalue weighted by molar-refractivity contribution is -0.113. The molecule has 0 N–H and O–H groups in total. The van der Waals surface area contributed by atoms with E-state index in [0.717, 1.165) is 110 Å². The first-order chi connectivity index (χ1) is 37.6. The monoisotopic (exact) mass is 1120 g/mol. The molecule has 0 nitrogen and oxygen atoms in total. The van der Waals surface area contributed by atoms with Crippen LogP contribution in [0, 0.1) is 148 Å². The molecule has 466 valence electrons. The zero-order chi connectivity index (χ0) is 58.2. The molecule has 0 aromatic carbocycles. The third-order valence-electron chi connectivity index (χ3n) is 32.9. The van der Waals surface area contributed by atoms with Crippen LogP contribution in [0.4, 0.5) is 0 Å². The number of rotatable bonds is 0. The van der Waals surface area contributed by atoms with Crippen molar-refractivity contribution in [1.82, 2.24) is 0 Å². The first-order valence-corrected chi connectivity index (χ1v) is 37.6. The average Bonchev–Trinajstić information content (AvgIpc) is 4.42. The van der Waals surface area contributed by atoms with Gasteiger partial charge in [0.25, 0.3) is 0 Å². The van der Waals surface area contributed by atoms with Gasteiger partial charge < -0.3 is 0 Å². The maximum atomic E-state index is 2.51. The van der Waals surface area contributed by atoms with Gasteiger partial charge in [0, 0.05) is 0 Å². The van der Waals surface area contributed by atoms with Crippen LogP contribution in [0.1, 0.15) is 362 Å². The van der Waals surface area contributed by atoms with Crippen molar-refractivity contribution in [3.8, 4) is 0 Å². The number of hydrogen-bond donors (Lipinski definition) is 0. The zero-order valence-corrected chi connectivity index (χ0v) is 58.2. The molecular weight excluding hydrogens is 973 g/mol. The molecule has 18 aliphatic carbocycles. The Morgan fingerprint density at radius 1 is 0.222 bits per heavy atom. The first-order valence-electron chi connectivity index (χ1n) is 37.6. The van der Waals surface area contributed by atoms with E-state index in [1.807, 2.05) is 0 Å². The summed E-state index contributed by atoms with van der Waals surface area (Å²) in [5.41, 5.74) is 7.74. The molecule has 0 saturated heterocycles. The van der Waals surface area contributed by atoms with Gasteiger partial charge in [0.05, 0.1) is 0 Å². The molecule has 18 aliphatic rings. The summed E-state index contributed by atoms with van der Waals surface area (Å²) < 4.78 is 0. The first kappa shape index (κ1) is 62.6. The molecule has 0 spiro atoms. The van der Waals surface area contributed by atoms with E-state index in [2.05, 4.69) is 125 Å². The largest absolute Gasteiger partial charge is 0.0596 e. The minimum Gasteiger partial charge on any atom is -0.0596 e. The topological polar surface area (TPSA) is 0 Å². The highest BCUT2D eigenvalue weighted by Crippen LogP contribution is 2.73. The smallest absolute Gasteiger partial charge is 0.0215 e. The summed E-state index contributed by atoms with van der Waals surface area (Å²) in [5, 5.41) is 0. The summed E-state index contributed by atoms with van der Waals surface area (Å²) >= 11 is 0. The summed E-state index contributed by atoms with van der Waals surface area (Å²) in [6, 6.07) is 0. The van der Waals surface area contributed by atoms with Gasteiger partial charge in [-0.3, -0.25) is 0 Å². The highest BCUT2D eigenvalue weighted by Gasteiger charge is 2.64. The summed E-state index contributed by atoms with van der Waals surface area (Å²) in [7, 11) is 0. The van der Waals surface area contributed by atoms with Gasteiger partial charge >= 0.3 is 0 Å². The van der Waals surface area contributed by atoms with Crippen LogP contribution in [0.2, 0.25) is 0 Å². The quantitative estimate of drug-likeness (QED) is 0.227. The summed E-state index contributed by atoms with van der Waals surface area (Å²) in [6.45, 7) is 44.6. The Hall–Kier alpha value is 0. The molecule has 0 aromatic heterocycles. The summed E-state index contributed by atoms with van der Waals surface area (Å²) in [6.07, 6.45) is 57.2. The maximum Gasteiger partial charge on any atom is -0.0215 e. The van der Waals surface area contributed by atoms with Crippen LogP contribution in [0.15, 0.2) is 0 Å². The van der Waals surface area contributed by atoms with Gasteiger partial charge in [0.15, 0.2) is 0 Å². The Bertz CT molecular complexity index is 2040. The highest BCUT2D eigenvalue weighted by molar-refractivity contribution is 5.13. The summed E-state index contributed by atoms with van der Waals surface area (Å²) in [5.74, 6) is 15.6. The van der Waals surface area contributed by atoms with E-state index in [-0.39, 0.29) is 0 Å². The van der Waals surface area contributed by atoms with E-state index < -0.39 is 0 Å². The third-order valence-corrected chi connectivity index (χ3v) is 32.9. The molecule has 18 saturated carbocycles. The number of fused-ring (bicyclic) bond motifs is 13. The Morgan fingerprint density at radius 3 is 1.05 bits per heavy atom. The van der Waals surface area contributed by atoms with E-state index in [4.69, 9.17) is 0 Å². The standard InChI is InChI=1S/C15H26.3C14H24.C13H24.C11H20/c1-14(2,3)15-9-7-11(8-10-15)12-5-4-6-13(12)15;1-13(2,3)14-7-10-4-11(8-14)6-12(5-10)9-14;1-13(2,3)14-5-4-11-6-10(8-14)7-12(11)9-14;1-13(2,3)14-8-7-10(9-14)11-5-4-6-12(11)14;1-12(2,3)13-8-4-6-11(10-13)7-5-9-13;1-10(2,3)11-6-4-9(8-11)5-7-11/h11-13H,4-10H2,1-3H3;3*10-12H,4-9H2,1-3H3;11H,4-10H2,1-3H3;9H,4-8H2,1-3H3. The molecule has 18 rings (SSSR count). The Labute approximate surface area is 507 Å². The van der Waals surface area contributed by atoms with Crippen LogP contribution in [0.25, 0.3) is 0 Å². The molecule has 0 heteroatoms. The fourth-order valence-corrected chi connectivity index (χ4v) is 27.7. The van der Waals surface area contributed by atoms with Crippen molar-refractivity contribution in [2.24, 2.45) is 148 Å². The lowest BCUT2D eigenvalue weighted by atomic mass is 9.43. The molecule has 0 radical (unpaired) electrons. The third kappa shape index (κ3) is 11.2. The van der Waals surface area contributed by atoms with Crippen molar-refractivity contribution in [1.29, 1.82) is 0 Å². The molecule has 0 aliphatic heterocycles. The van der Waals surface area contributed by atoms with Crippen molar-refractivity contribution in [2.45, 2.75) is 362 Å². The maximum absolute atomic E-state index is 2.51. The van der Waals surface area contributed by atoms with Crippen molar-refractivity contribution >= 4 is 0 Å². The molecule has 0 aromatic rings. The minimum absolute atomic E-state index is 0.547. The molecule has 10 unspecified atom stereocenters. The zero-order valence-electron chi connectivity index (χ0n) is 58.2. The predicted octanol–water partition coefficient (Wildman–Crippen LogP) is 25.4. The van der Waals surface area contributed by atoms with Gasteiger partial charge in [-0.1, -0.05) is 163 Å². The lowest BCUT2D eigenvalue weighted by Gasteiger charge is -2.62. The normalized spacial score (nSPS) is 48.1. The fraction of sp³-hybridized carbons (Fsp3) is 1.00. The molecule has 0 amide bonds. The Morgan fingerprint density at radius 2 is 0.593 bits per heavy atom. The predicted molar refractivity (Wildman–Crippen MR) is 351 cm³/mol. The Balaban J connectivity index is 0.000000102. The van der Waals surface area contributed by atoms with Crippen LogP contribution in [-0.4, -0.2) is 0 Å². The van der Waals surface area contributed by atoms with Gasteiger partial charge in [0.1, 0.15) is 0 Å². The minimum atomic E-state index is 0.547. The van der Waals surface area contributed by atoms with Crippen LogP contribution in [0.5, 0.6) is 0 Å². The van der Waals surface area contributed by atoms with E-state index in [0.29, 0.717) is 37.9 Å². The van der Waals surface area contributed by atoms with Gasteiger partial charge in [-0.2, -0.15) is 0 Å². The van der Waals surface area contributed by atoms with E-state index in [1.54, 1.807) is 141 Å². The SMILES string of the molecule is CC(C)(C)C12CC3CC(CC(C3)C1)C2.CC(C)(C)C12CCC(C1)C1CCCC12.CC(C)(C)C12CCC(CC1)C1CCCC12.CC(C)(C)C12CCC(CC1)C2.CC(C)(C)C12CCC3CC(CC3C1)C2.CC(C)(C)C12CCCC(CCC1)C2. The van der Waals surface area contributed by atoms with Crippen LogP contribution in [0.3, 0.4) is 0 Å². The van der Waals surface area contributed by atoms with Crippen molar-refractivity contribution in [3.63, 3.8) is 0 Å². The van der Waals surface area contributed by atoms with Crippen molar-refractivity contribution in [2.75, 3.05) is 0 Å². The van der Waals surface area contributed by atoms with E-state index >= 15 is 0 Å². The van der Waals surface area contributed by atoms with Gasteiger partial charge in [0.2, 0.25) is 0 Å². The molecule has 10 atom stereocenters. The second-order valence-electron chi connectivity index (χ2n) is 41.4. The lowest BCUT2D eigenvalue weighted by Crippen LogP contribution is -2.52.